The van der Waals surface area contributed by atoms with Gasteiger partial charge in [0.2, 0.25) is 0 Å². The van der Waals surface area contributed by atoms with Gasteiger partial charge in [-0.1, -0.05) is 6.92 Å². The molecule has 2 atom stereocenters. The van der Waals surface area contributed by atoms with E-state index in [9.17, 15) is 4.79 Å². The smallest absolute Gasteiger partial charge is 0.262 e. The fourth-order valence-corrected chi connectivity index (χ4v) is 2.70. The van der Waals surface area contributed by atoms with Crippen LogP contribution >= 0.6 is 0 Å². The lowest BCUT2D eigenvalue weighted by Gasteiger charge is -2.30. The van der Waals surface area contributed by atoms with Crippen LogP contribution in [0.15, 0.2) is 18.2 Å². The zero-order valence-electron chi connectivity index (χ0n) is 11.6. The van der Waals surface area contributed by atoms with E-state index in [4.69, 9.17) is 9.47 Å². The van der Waals surface area contributed by atoms with Crippen LogP contribution < -0.4 is 15.4 Å². The molecule has 0 bridgehead atoms. The number of nitrogens with one attached hydrogen (secondary N) is 2. The summed E-state index contributed by atoms with van der Waals surface area (Å²) in [6.07, 6.45) is 3.43. The number of amides is 1. The quantitative estimate of drug-likeness (QED) is 0.890. The maximum atomic E-state index is 11.3. The van der Waals surface area contributed by atoms with Crippen molar-refractivity contribution in [2.75, 3.05) is 23.8 Å². The van der Waals surface area contributed by atoms with E-state index >= 15 is 0 Å². The molecule has 3 rings (SSSR count). The molecule has 1 fully saturated rings. The zero-order valence-corrected chi connectivity index (χ0v) is 11.6. The van der Waals surface area contributed by atoms with Crippen LogP contribution in [0.25, 0.3) is 0 Å². The maximum absolute atomic E-state index is 11.3. The van der Waals surface area contributed by atoms with Gasteiger partial charge >= 0.3 is 0 Å². The Balaban J connectivity index is 1.68. The Bertz CT molecular complexity index is 504. The molecule has 108 valence electrons. The molecular formula is C15H20N2O3. The number of carbonyl (C=O) groups excluding carboxylic acids is 1. The normalized spacial score (nSPS) is 25.4. The van der Waals surface area contributed by atoms with Crippen molar-refractivity contribution in [2.45, 2.75) is 38.3 Å². The lowest BCUT2D eigenvalue weighted by atomic mass is 10.0. The number of ether oxygens (including phenoxy) is 2. The van der Waals surface area contributed by atoms with Crippen LogP contribution in [0.3, 0.4) is 0 Å². The molecule has 2 aliphatic heterocycles. The highest BCUT2D eigenvalue weighted by atomic mass is 16.5. The summed E-state index contributed by atoms with van der Waals surface area (Å²) >= 11 is 0. The van der Waals surface area contributed by atoms with Crippen LogP contribution in [0.1, 0.15) is 26.2 Å². The number of benzene rings is 1. The van der Waals surface area contributed by atoms with Crippen molar-refractivity contribution >= 4 is 17.3 Å². The van der Waals surface area contributed by atoms with E-state index < -0.39 is 0 Å². The van der Waals surface area contributed by atoms with Crippen LogP contribution in [0.5, 0.6) is 5.75 Å². The van der Waals surface area contributed by atoms with E-state index in [1.54, 1.807) is 0 Å². The summed E-state index contributed by atoms with van der Waals surface area (Å²) in [6.45, 7) is 3.05. The first-order valence-corrected chi connectivity index (χ1v) is 7.19. The number of carbonyl (C=O) groups is 1. The predicted molar refractivity (Wildman–Crippen MR) is 77.2 cm³/mol. The second kappa shape index (κ2) is 5.71. The third-order valence-corrected chi connectivity index (χ3v) is 3.81. The summed E-state index contributed by atoms with van der Waals surface area (Å²) < 4.78 is 11.0. The van der Waals surface area contributed by atoms with Gasteiger partial charge in [0.05, 0.1) is 11.8 Å². The Hall–Kier alpha value is -1.75. The molecule has 2 N–H and O–H groups in total. The standard InChI is InChI=1S/C15H20N2O3/c1-2-12-7-11(5-6-19-12)16-10-3-4-14-13(8-10)17-15(18)9-20-14/h3-4,8,11-12,16H,2,5-7,9H2,1H3,(H,17,18). The highest BCUT2D eigenvalue weighted by molar-refractivity contribution is 5.96. The van der Waals surface area contributed by atoms with E-state index in [0.29, 0.717) is 12.1 Å². The molecule has 2 aliphatic rings. The third kappa shape index (κ3) is 2.88. The van der Waals surface area contributed by atoms with E-state index in [1.165, 1.54) is 0 Å². The van der Waals surface area contributed by atoms with Crippen LogP contribution in [0, 0.1) is 0 Å². The number of rotatable bonds is 3. The average molecular weight is 276 g/mol. The van der Waals surface area contributed by atoms with Crippen molar-refractivity contribution in [2.24, 2.45) is 0 Å². The molecule has 0 saturated carbocycles. The molecule has 2 unspecified atom stereocenters. The SMILES string of the molecule is CCC1CC(Nc2ccc3c(c2)NC(=O)CO3)CCO1. The van der Waals surface area contributed by atoms with Gasteiger partial charge in [0, 0.05) is 18.3 Å². The van der Waals surface area contributed by atoms with Gasteiger partial charge in [-0.05, 0) is 37.5 Å². The molecule has 5 nitrogen and oxygen atoms in total. The van der Waals surface area contributed by atoms with Gasteiger partial charge in [-0.2, -0.15) is 0 Å². The zero-order chi connectivity index (χ0) is 13.9. The maximum Gasteiger partial charge on any atom is 0.262 e. The van der Waals surface area contributed by atoms with Crippen molar-refractivity contribution in [3.63, 3.8) is 0 Å². The first-order valence-electron chi connectivity index (χ1n) is 7.19. The number of hydrogen-bond acceptors (Lipinski definition) is 4. The van der Waals surface area contributed by atoms with Gasteiger partial charge in [-0.3, -0.25) is 4.79 Å². The molecule has 0 aliphatic carbocycles. The summed E-state index contributed by atoms with van der Waals surface area (Å²) in [5.41, 5.74) is 1.75. The molecule has 2 heterocycles. The third-order valence-electron chi connectivity index (χ3n) is 3.81. The molecule has 1 saturated heterocycles. The van der Waals surface area contributed by atoms with Crippen LogP contribution in [-0.2, 0) is 9.53 Å². The minimum Gasteiger partial charge on any atom is -0.482 e. The van der Waals surface area contributed by atoms with Crippen LogP contribution in [0.4, 0.5) is 11.4 Å². The monoisotopic (exact) mass is 276 g/mol. The van der Waals surface area contributed by atoms with Gasteiger partial charge in [-0.15, -0.1) is 0 Å². The molecular weight excluding hydrogens is 256 g/mol. The van der Waals surface area contributed by atoms with Crippen LogP contribution in [0.2, 0.25) is 0 Å². The molecule has 0 radical (unpaired) electrons. The first-order chi connectivity index (χ1) is 9.74. The molecule has 5 heteroatoms. The number of anilines is 2. The van der Waals surface area contributed by atoms with Crippen LogP contribution in [-0.4, -0.2) is 31.3 Å². The topological polar surface area (TPSA) is 59.6 Å². The minimum atomic E-state index is -0.105. The second-order valence-corrected chi connectivity index (χ2v) is 5.31. The number of fused-ring (bicyclic) bond motifs is 1. The van der Waals surface area contributed by atoms with Gasteiger partial charge < -0.3 is 20.1 Å². The van der Waals surface area contributed by atoms with Crippen molar-refractivity contribution < 1.29 is 14.3 Å². The first kappa shape index (κ1) is 13.2. The van der Waals surface area contributed by atoms with Gasteiger partial charge in [0.15, 0.2) is 6.61 Å². The summed E-state index contributed by atoms with van der Waals surface area (Å²) in [4.78, 5) is 11.3. The molecule has 1 amide bonds. The lowest BCUT2D eigenvalue weighted by Crippen LogP contribution is -2.33. The highest BCUT2D eigenvalue weighted by Crippen LogP contribution is 2.31. The minimum absolute atomic E-state index is 0.0952. The summed E-state index contributed by atoms with van der Waals surface area (Å²) in [5, 5.41) is 6.35. The molecule has 20 heavy (non-hydrogen) atoms. The highest BCUT2D eigenvalue weighted by Gasteiger charge is 2.22. The van der Waals surface area contributed by atoms with Gasteiger partial charge in [-0.25, -0.2) is 0 Å². The van der Waals surface area contributed by atoms with E-state index in [2.05, 4.69) is 17.6 Å². The molecule has 0 aromatic heterocycles. The Morgan fingerprint density at radius 1 is 1.45 bits per heavy atom. The summed E-state index contributed by atoms with van der Waals surface area (Å²) in [5.74, 6) is 0.625. The Kier molecular flexibility index (Phi) is 3.78. The summed E-state index contributed by atoms with van der Waals surface area (Å²) in [6, 6.07) is 6.25. The van der Waals surface area contributed by atoms with E-state index in [1.807, 2.05) is 18.2 Å². The summed E-state index contributed by atoms with van der Waals surface area (Å²) in [7, 11) is 0. The Labute approximate surface area is 118 Å². The number of hydrogen-bond donors (Lipinski definition) is 2. The van der Waals surface area contributed by atoms with E-state index in [-0.39, 0.29) is 12.5 Å². The van der Waals surface area contributed by atoms with Gasteiger partial charge in [0.25, 0.3) is 5.91 Å². The lowest BCUT2D eigenvalue weighted by molar-refractivity contribution is -0.118. The van der Waals surface area contributed by atoms with Gasteiger partial charge in [0.1, 0.15) is 5.75 Å². The van der Waals surface area contributed by atoms with E-state index in [0.717, 1.165) is 43.0 Å². The second-order valence-electron chi connectivity index (χ2n) is 5.31. The predicted octanol–water partition coefficient (Wildman–Crippen LogP) is 2.39. The Morgan fingerprint density at radius 2 is 2.35 bits per heavy atom. The Morgan fingerprint density at radius 3 is 3.20 bits per heavy atom. The van der Waals surface area contributed by atoms with Crippen molar-refractivity contribution in [1.82, 2.24) is 0 Å². The fraction of sp³-hybridized carbons (Fsp3) is 0.533. The largest absolute Gasteiger partial charge is 0.482 e. The average Bonchev–Trinajstić information content (AvgIpc) is 2.47. The van der Waals surface area contributed by atoms with Crippen molar-refractivity contribution in [1.29, 1.82) is 0 Å². The fourth-order valence-electron chi connectivity index (χ4n) is 2.70. The molecule has 1 aromatic rings. The molecule has 1 aromatic carbocycles. The molecule has 0 spiro atoms. The van der Waals surface area contributed by atoms with Crippen molar-refractivity contribution in [3.8, 4) is 5.75 Å². The van der Waals surface area contributed by atoms with Crippen molar-refractivity contribution in [3.05, 3.63) is 18.2 Å².